The molecule has 1 aromatic carbocycles. The molecule has 0 fully saturated rings. The maximum absolute atomic E-state index is 12.6. The molecule has 3 aromatic rings. The highest BCUT2D eigenvalue weighted by Gasteiger charge is 2.38. The van der Waals surface area contributed by atoms with Gasteiger partial charge in [-0.1, -0.05) is 29.5 Å². The molecule has 0 aliphatic carbocycles. The molecule has 2 aromatic heterocycles. The van der Waals surface area contributed by atoms with Crippen LogP contribution in [0.1, 0.15) is 17.3 Å². The number of aryl methyl sites for hydroxylation is 1. The number of hydrogen-bond donors (Lipinski definition) is 1. The van der Waals surface area contributed by atoms with E-state index < -0.39 is 12.0 Å². The normalized spacial score (nSPS) is 11.8. The van der Waals surface area contributed by atoms with Gasteiger partial charge < -0.3 is 10.3 Å². The third-order valence-corrected chi connectivity index (χ3v) is 3.94. The first kappa shape index (κ1) is 16.3. The van der Waals surface area contributed by atoms with Crippen molar-refractivity contribution >= 4 is 11.8 Å². The lowest BCUT2D eigenvalue weighted by atomic mass is 10.1. The van der Waals surface area contributed by atoms with Crippen molar-refractivity contribution in [2.75, 3.05) is 5.84 Å². The van der Waals surface area contributed by atoms with Crippen molar-refractivity contribution in [2.45, 2.75) is 24.0 Å². The van der Waals surface area contributed by atoms with Crippen LogP contribution in [0, 0.1) is 6.92 Å². The summed E-state index contributed by atoms with van der Waals surface area (Å²) in [7, 11) is 0. The van der Waals surface area contributed by atoms with Gasteiger partial charge in [0.1, 0.15) is 0 Å². The highest BCUT2D eigenvalue weighted by Crippen LogP contribution is 2.30. The zero-order valence-electron chi connectivity index (χ0n) is 12.3. The smallest absolute Gasteiger partial charge is 0.420 e. The van der Waals surface area contributed by atoms with Gasteiger partial charge in [-0.25, -0.2) is 4.68 Å². The van der Waals surface area contributed by atoms with Crippen LogP contribution in [-0.4, -0.2) is 25.1 Å². The maximum atomic E-state index is 12.6. The van der Waals surface area contributed by atoms with E-state index >= 15 is 0 Å². The molecule has 0 aliphatic rings. The van der Waals surface area contributed by atoms with E-state index in [0.717, 1.165) is 22.9 Å². The number of nitrogens with two attached hydrogens (primary N) is 1. The molecule has 0 bridgehead atoms. The van der Waals surface area contributed by atoms with Crippen molar-refractivity contribution in [3.63, 3.8) is 0 Å². The Morgan fingerprint density at radius 1 is 1.12 bits per heavy atom. The number of benzene rings is 1. The summed E-state index contributed by atoms with van der Waals surface area (Å²) in [6.07, 6.45) is -4.66. The van der Waals surface area contributed by atoms with Crippen LogP contribution in [0.25, 0.3) is 11.5 Å². The molecule has 0 saturated carbocycles. The van der Waals surface area contributed by atoms with Gasteiger partial charge in [0, 0.05) is 5.56 Å². The van der Waals surface area contributed by atoms with Crippen molar-refractivity contribution in [1.29, 1.82) is 0 Å². The van der Waals surface area contributed by atoms with E-state index in [2.05, 4.69) is 20.4 Å². The predicted molar refractivity (Wildman–Crippen MR) is 79.2 cm³/mol. The summed E-state index contributed by atoms with van der Waals surface area (Å²) in [5.74, 6) is 4.77. The number of thioether (sulfide) groups is 1. The van der Waals surface area contributed by atoms with Crippen LogP contribution in [0.5, 0.6) is 0 Å². The second-order valence-electron chi connectivity index (χ2n) is 4.83. The van der Waals surface area contributed by atoms with Gasteiger partial charge in [-0.3, -0.25) is 0 Å². The van der Waals surface area contributed by atoms with Crippen LogP contribution in [0.4, 0.5) is 13.2 Å². The predicted octanol–water partition coefficient (Wildman–Crippen LogP) is 2.66. The molecule has 0 radical (unpaired) electrons. The van der Waals surface area contributed by atoms with E-state index in [-0.39, 0.29) is 16.8 Å². The summed E-state index contributed by atoms with van der Waals surface area (Å²) in [6, 6.07) is 7.49. The summed E-state index contributed by atoms with van der Waals surface area (Å²) in [5.41, 5.74) is 1.85. The Labute approximate surface area is 138 Å². The van der Waals surface area contributed by atoms with Crippen LogP contribution >= 0.6 is 11.8 Å². The Balaban J connectivity index is 1.70. The average molecular weight is 356 g/mol. The molecule has 2 N–H and O–H groups in total. The number of nitrogens with zero attached hydrogens (tertiary/aromatic N) is 5. The lowest BCUT2D eigenvalue weighted by Crippen LogP contribution is -2.21. The minimum Gasteiger partial charge on any atom is -0.420 e. The highest BCUT2D eigenvalue weighted by atomic mass is 32.2. The van der Waals surface area contributed by atoms with Crippen molar-refractivity contribution in [3.8, 4) is 11.5 Å². The second-order valence-corrected chi connectivity index (χ2v) is 5.77. The first-order valence-electron chi connectivity index (χ1n) is 6.64. The molecule has 0 spiro atoms. The lowest BCUT2D eigenvalue weighted by molar-refractivity contribution is -0.146. The van der Waals surface area contributed by atoms with E-state index in [4.69, 9.17) is 10.3 Å². The van der Waals surface area contributed by atoms with Crippen molar-refractivity contribution in [2.24, 2.45) is 0 Å². The fourth-order valence-corrected chi connectivity index (χ4v) is 2.51. The van der Waals surface area contributed by atoms with Crippen LogP contribution in [-0.2, 0) is 11.9 Å². The first-order valence-corrected chi connectivity index (χ1v) is 7.63. The third-order valence-electron chi connectivity index (χ3n) is 3.01. The lowest BCUT2D eigenvalue weighted by Gasteiger charge is -2.05. The van der Waals surface area contributed by atoms with Gasteiger partial charge >= 0.3 is 6.18 Å². The molecule has 7 nitrogen and oxygen atoms in total. The fraction of sp³-hybridized carbons (Fsp3) is 0.231. The molecule has 0 atom stereocenters. The summed E-state index contributed by atoms with van der Waals surface area (Å²) in [6.45, 7) is 1.96. The summed E-state index contributed by atoms with van der Waals surface area (Å²) >= 11 is 0.916. The molecular weight excluding hydrogens is 345 g/mol. The molecule has 11 heteroatoms. The fourth-order valence-electron chi connectivity index (χ4n) is 1.82. The van der Waals surface area contributed by atoms with Gasteiger partial charge in [-0.05, 0) is 19.1 Å². The highest BCUT2D eigenvalue weighted by molar-refractivity contribution is 7.98. The Morgan fingerprint density at radius 3 is 2.46 bits per heavy atom. The van der Waals surface area contributed by atoms with E-state index in [0.29, 0.717) is 10.6 Å². The van der Waals surface area contributed by atoms with Crippen molar-refractivity contribution < 1.29 is 17.6 Å². The minimum absolute atomic E-state index is 0.0996. The third kappa shape index (κ3) is 3.35. The van der Waals surface area contributed by atoms with Crippen LogP contribution in [0.2, 0.25) is 0 Å². The number of rotatable bonds is 4. The number of hydrogen-bond acceptors (Lipinski definition) is 7. The van der Waals surface area contributed by atoms with E-state index in [9.17, 15) is 13.2 Å². The molecule has 3 rings (SSSR count). The molecule has 0 unspecified atom stereocenters. The summed E-state index contributed by atoms with van der Waals surface area (Å²) in [5, 5.41) is 14.1. The van der Waals surface area contributed by atoms with Crippen molar-refractivity contribution in [3.05, 3.63) is 41.5 Å². The number of alkyl halides is 3. The molecule has 126 valence electrons. The summed E-state index contributed by atoms with van der Waals surface area (Å²) < 4.78 is 43.6. The number of halogens is 3. The van der Waals surface area contributed by atoms with Crippen LogP contribution < -0.4 is 5.84 Å². The molecule has 0 amide bonds. The van der Waals surface area contributed by atoms with Crippen molar-refractivity contribution in [1.82, 2.24) is 25.1 Å². The zero-order valence-corrected chi connectivity index (χ0v) is 13.1. The number of aromatic nitrogens is 5. The van der Waals surface area contributed by atoms with Gasteiger partial charge in [0.05, 0.1) is 5.75 Å². The quantitative estimate of drug-likeness (QED) is 0.567. The maximum Gasteiger partial charge on any atom is 0.453 e. The van der Waals surface area contributed by atoms with E-state index in [1.165, 1.54) is 0 Å². The Kier molecular flexibility index (Phi) is 4.18. The largest absolute Gasteiger partial charge is 0.453 e. The number of nitrogen functional groups attached to an aromatic ring is 1. The van der Waals surface area contributed by atoms with Gasteiger partial charge in [-0.15, -0.1) is 20.4 Å². The molecule has 24 heavy (non-hydrogen) atoms. The van der Waals surface area contributed by atoms with Gasteiger partial charge in [-0.2, -0.15) is 13.2 Å². The Hall–Kier alpha value is -2.56. The Morgan fingerprint density at radius 2 is 1.83 bits per heavy atom. The molecule has 2 heterocycles. The monoisotopic (exact) mass is 356 g/mol. The zero-order chi connectivity index (χ0) is 17.3. The SMILES string of the molecule is Cc1ccc(-c2nnc(CSc3nnc(C(F)(F)F)n3N)o2)cc1. The topological polar surface area (TPSA) is 95.7 Å². The minimum atomic E-state index is -4.66. The standard InChI is InChI=1S/C13H11F3N6OS/c1-7-2-4-8(5-3-7)10-19-18-9(23-10)6-24-12-21-20-11(22(12)17)13(14,15)16/h2-5H,6,17H2,1H3. The van der Waals surface area contributed by atoms with Gasteiger partial charge in [0.25, 0.3) is 5.82 Å². The first-order chi connectivity index (χ1) is 11.3. The van der Waals surface area contributed by atoms with Gasteiger partial charge in [0.15, 0.2) is 0 Å². The average Bonchev–Trinajstić information content (AvgIpc) is 3.12. The molecule has 0 aliphatic heterocycles. The van der Waals surface area contributed by atoms with Crippen LogP contribution in [0.15, 0.2) is 33.8 Å². The molecular formula is C13H11F3N6OS. The van der Waals surface area contributed by atoms with E-state index in [1.807, 2.05) is 31.2 Å². The summed E-state index contributed by atoms with van der Waals surface area (Å²) in [4.78, 5) is 0. The van der Waals surface area contributed by atoms with Crippen LogP contribution in [0.3, 0.4) is 0 Å². The second kappa shape index (κ2) is 6.15. The Bertz CT molecular complexity index is 842. The molecule has 0 saturated heterocycles. The van der Waals surface area contributed by atoms with Gasteiger partial charge in [0.2, 0.25) is 16.9 Å². The van der Waals surface area contributed by atoms with E-state index in [1.54, 1.807) is 0 Å².